The molecule has 3 aromatic rings. The lowest BCUT2D eigenvalue weighted by atomic mass is 10.1. The van der Waals surface area contributed by atoms with Crippen LogP contribution in [0.3, 0.4) is 0 Å². The van der Waals surface area contributed by atoms with Crippen molar-refractivity contribution in [2.24, 2.45) is 0 Å². The lowest BCUT2D eigenvalue weighted by Crippen LogP contribution is -2.35. The highest BCUT2D eigenvalue weighted by Crippen LogP contribution is 2.35. The second kappa shape index (κ2) is 14.1. The van der Waals surface area contributed by atoms with E-state index in [1.807, 2.05) is 42.8 Å². The molecular weight excluding hydrogens is 507 g/mol. The Morgan fingerprint density at radius 2 is 1.88 bits per heavy atom. The number of ether oxygens (including phenoxy) is 2. The first kappa shape index (κ1) is 30.2. The number of aromatic nitrogens is 2. The summed E-state index contributed by atoms with van der Waals surface area (Å²) < 4.78 is 27.3. The molecule has 0 aliphatic rings. The molecule has 2 aromatic carbocycles. The molecular formula is C32H37FN4O3. The number of carbonyl (C=O) groups excluding carboxylic acids is 1. The van der Waals surface area contributed by atoms with E-state index in [9.17, 15) is 9.18 Å². The molecule has 1 N–H and O–H groups in total. The zero-order chi connectivity index (χ0) is 29.2. The molecule has 1 aromatic heterocycles. The van der Waals surface area contributed by atoms with Gasteiger partial charge in [-0.05, 0) is 75.9 Å². The summed E-state index contributed by atoms with van der Waals surface area (Å²) in [5, 5.41) is 8.64. The number of imidazole rings is 1. The van der Waals surface area contributed by atoms with E-state index in [0.29, 0.717) is 41.6 Å². The van der Waals surface area contributed by atoms with Gasteiger partial charge in [-0.1, -0.05) is 38.3 Å². The molecule has 0 bridgehead atoms. The van der Waals surface area contributed by atoms with Crippen LogP contribution in [0.2, 0.25) is 0 Å². The van der Waals surface area contributed by atoms with Gasteiger partial charge in [0, 0.05) is 18.3 Å². The van der Waals surface area contributed by atoms with E-state index < -0.39 is 5.82 Å². The first-order valence-electron chi connectivity index (χ1n) is 13.5. The van der Waals surface area contributed by atoms with Gasteiger partial charge in [0.05, 0.1) is 30.3 Å². The van der Waals surface area contributed by atoms with Crippen LogP contribution in [0.25, 0.3) is 17.5 Å². The van der Waals surface area contributed by atoms with Gasteiger partial charge in [-0.2, -0.15) is 4.39 Å². The number of carbonyl (C=O) groups is 1. The largest absolute Gasteiger partial charge is 0.494 e. The average Bonchev–Trinajstić information content (AvgIpc) is 3.33. The second-order valence-electron chi connectivity index (χ2n) is 9.12. The number of rotatable bonds is 12. The maximum atomic E-state index is 14.6. The van der Waals surface area contributed by atoms with Gasteiger partial charge in [0.2, 0.25) is 5.82 Å². The number of amides is 1. The molecule has 0 radical (unpaired) electrons. The minimum absolute atomic E-state index is 0.0568. The SMILES string of the molecule is CC#CC(=O)N(CC)C(CCC)c1nc(-c2ccc(Oc3cccc(OC)c3F)cc2)c(C(C)=N)n1/C=C\CC. The lowest BCUT2D eigenvalue weighted by molar-refractivity contribution is -0.127. The fourth-order valence-corrected chi connectivity index (χ4v) is 4.52. The monoisotopic (exact) mass is 544 g/mol. The van der Waals surface area contributed by atoms with Crippen molar-refractivity contribution in [3.05, 3.63) is 65.9 Å². The zero-order valence-corrected chi connectivity index (χ0v) is 24.0. The van der Waals surface area contributed by atoms with Crippen LogP contribution in [-0.4, -0.2) is 39.7 Å². The number of methoxy groups -OCH3 is 1. The van der Waals surface area contributed by atoms with Gasteiger partial charge >= 0.3 is 0 Å². The Hall–Kier alpha value is -4.38. The normalized spacial score (nSPS) is 11.6. The summed E-state index contributed by atoms with van der Waals surface area (Å²) in [6.07, 6.45) is 6.26. The summed E-state index contributed by atoms with van der Waals surface area (Å²) in [5.74, 6) is 5.84. The van der Waals surface area contributed by atoms with Crippen molar-refractivity contribution in [3.8, 4) is 40.3 Å². The maximum Gasteiger partial charge on any atom is 0.299 e. The molecule has 8 heteroatoms. The van der Waals surface area contributed by atoms with E-state index >= 15 is 0 Å². The van der Waals surface area contributed by atoms with E-state index in [1.165, 1.54) is 19.2 Å². The zero-order valence-electron chi connectivity index (χ0n) is 24.0. The third-order valence-corrected chi connectivity index (χ3v) is 6.36. The number of hydrogen-bond acceptors (Lipinski definition) is 5. The van der Waals surface area contributed by atoms with Gasteiger partial charge in [-0.15, -0.1) is 0 Å². The Bertz CT molecular complexity index is 1430. The van der Waals surface area contributed by atoms with Crippen molar-refractivity contribution >= 4 is 17.8 Å². The maximum absolute atomic E-state index is 14.6. The number of nitrogens with one attached hydrogen (secondary N) is 1. The quantitative estimate of drug-likeness (QED) is 0.189. The smallest absolute Gasteiger partial charge is 0.299 e. The fourth-order valence-electron chi connectivity index (χ4n) is 4.52. The first-order chi connectivity index (χ1) is 19.3. The van der Waals surface area contributed by atoms with E-state index in [1.54, 1.807) is 36.9 Å². The summed E-state index contributed by atoms with van der Waals surface area (Å²) in [6, 6.07) is 11.5. The summed E-state index contributed by atoms with van der Waals surface area (Å²) in [4.78, 5) is 19.7. The molecule has 0 aliphatic carbocycles. The van der Waals surface area contributed by atoms with Crippen LogP contribution in [0.4, 0.5) is 4.39 Å². The molecule has 1 heterocycles. The van der Waals surface area contributed by atoms with E-state index in [0.717, 1.165) is 18.4 Å². The lowest BCUT2D eigenvalue weighted by Gasteiger charge is -2.29. The Morgan fingerprint density at radius 3 is 2.45 bits per heavy atom. The minimum Gasteiger partial charge on any atom is -0.494 e. The Labute approximate surface area is 236 Å². The molecule has 1 atom stereocenters. The van der Waals surface area contributed by atoms with Crippen LogP contribution in [0.5, 0.6) is 17.2 Å². The van der Waals surface area contributed by atoms with Crippen molar-refractivity contribution in [3.63, 3.8) is 0 Å². The highest BCUT2D eigenvalue weighted by atomic mass is 19.1. The molecule has 7 nitrogen and oxygen atoms in total. The summed E-state index contributed by atoms with van der Waals surface area (Å²) >= 11 is 0. The van der Waals surface area contributed by atoms with Gasteiger partial charge < -0.3 is 24.4 Å². The Kier molecular flexibility index (Phi) is 10.7. The fraction of sp³-hybridized carbons (Fsp3) is 0.344. The van der Waals surface area contributed by atoms with E-state index in [-0.39, 0.29) is 23.4 Å². The summed E-state index contributed by atoms with van der Waals surface area (Å²) in [6.45, 7) is 9.89. The summed E-state index contributed by atoms with van der Waals surface area (Å²) in [5.41, 5.74) is 2.36. The third kappa shape index (κ3) is 6.60. The number of halogens is 1. The number of allylic oxidation sites excluding steroid dienone is 1. The Morgan fingerprint density at radius 1 is 1.18 bits per heavy atom. The van der Waals surface area contributed by atoms with Crippen LogP contribution in [0.1, 0.15) is 71.4 Å². The van der Waals surface area contributed by atoms with Crippen molar-refractivity contribution in [1.29, 1.82) is 5.41 Å². The topological polar surface area (TPSA) is 80.4 Å². The predicted octanol–water partition coefficient (Wildman–Crippen LogP) is 7.47. The first-order valence-corrected chi connectivity index (χ1v) is 13.5. The van der Waals surface area contributed by atoms with Crippen LogP contribution in [-0.2, 0) is 4.79 Å². The van der Waals surface area contributed by atoms with Crippen LogP contribution < -0.4 is 9.47 Å². The molecule has 210 valence electrons. The standard InChI is InChI=1S/C32H37FN4O3/c1-7-11-21-37-31(22(5)34)30(35-32(37)25(13-8-2)36(10-4)28(38)14-9-3)23-17-19-24(20-18-23)40-27-16-12-15-26(39-6)29(27)33/h11-12,15-21,25,34H,7-8,10,13H2,1-6H3/b21-11-,34-22?. The van der Waals surface area contributed by atoms with Gasteiger partial charge in [0.1, 0.15) is 11.6 Å². The van der Waals surface area contributed by atoms with Crippen LogP contribution in [0.15, 0.2) is 48.5 Å². The molecule has 0 aliphatic heterocycles. The van der Waals surface area contributed by atoms with Crippen LogP contribution >= 0.6 is 0 Å². The average molecular weight is 545 g/mol. The van der Waals surface area contributed by atoms with Gasteiger partial charge in [0.25, 0.3) is 5.91 Å². The molecule has 1 unspecified atom stereocenters. The van der Waals surface area contributed by atoms with Gasteiger partial charge in [-0.25, -0.2) is 4.98 Å². The third-order valence-electron chi connectivity index (χ3n) is 6.36. The second-order valence-corrected chi connectivity index (χ2v) is 9.12. The minimum atomic E-state index is -0.577. The number of benzene rings is 2. The molecule has 0 saturated carbocycles. The predicted molar refractivity (Wildman–Crippen MR) is 157 cm³/mol. The molecule has 0 fully saturated rings. The molecule has 0 spiro atoms. The van der Waals surface area contributed by atoms with Gasteiger partial charge in [0.15, 0.2) is 11.5 Å². The number of hydrogen-bond donors (Lipinski definition) is 1. The van der Waals surface area contributed by atoms with Crippen LogP contribution in [0, 0.1) is 23.1 Å². The molecule has 0 saturated heterocycles. The van der Waals surface area contributed by atoms with Crippen molar-refractivity contribution in [2.45, 2.75) is 59.9 Å². The highest BCUT2D eigenvalue weighted by Gasteiger charge is 2.30. The van der Waals surface area contributed by atoms with Gasteiger partial charge in [-0.3, -0.25) is 4.79 Å². The van der Waals surface area contributed by atoms with Crippen molar-refractivity contribution < 1.29 is 18.7 Å². The Balaban J connectivity index is 2.13. The van der Waals surface area contributed by atoms with E-state index in [2.05, 4.69) is 18.8 Å². The summed E-state index contributed by atoms with van der Waals surface area (Å²) in [7, 11) is 1.40. The van der Waals surface area contributed by atoms with E-state index in [4.69, 9.17) is 19.9 Å². The highest BCUT2D eigenvalue weighted by molar-refractivity contribution is 6.01. The number of nitrogens with zero attached hydrogens (tertiary/aromatic N) is 3. The van der Waals surface area contributed by atoms with Crippen molar-refractivity contribution in [1.82, 2.24) is 14.5 Å². The van der Waals surface area contributed by atoms with Crippen molar-refractivity contribution in [2.75, 3.05) is 13.7 Å². The molecule has 1 amide bonds. The molecule has 40 heavy (non-hydrogen) atoms. The molecule has 3 rings (SSSR count).